The van der Waals surface area contributed by atoms with Crippen LogP contribution in [0.2, 0.25) is 0 Å². The van der Waals surface area contributed by atoms with Crippen LogP contribution in [-0.2, 0) is 4.74 Å². The first-order valence-corrected chi connectivity index (χ1v) is 6.83. The summed E-state index contributed by atoms with van der Waals surface area (Å²) in [5.41, 5.74) is 2.37. The molecule has 2 heterocycles. The molecule has 3 rings (SSSR count). The summed E-state index contributed by atoms with van der Waals surface area (Å²) >= 11 is 0. The maximum Gasteiger partial charge on any atom is 0.337 e. The molecule has 0 fully saturated rings. The zero-order chi connectivity index (χ0) is 15.5. The lowest BCUT2D eigenvalue weighted by Crippen LogP contribution is -2.01. The zero-order valence-electron chi connectivity index (χ0n) is 12.3. The van der Waals surface area contributed by atoms with E-state index in [0.717, 1.165) is 22.2 Å². The van der Waals surface area contributed by atoms with Gasteiger partial charge in [-0.3, -0.25) is 4.98 Å². The first-order valence-electron chi connectivity index (χ1n) is 6.83. The third kappa shape index (κ3) is 2.88. The van der Waals surface area contributed by atoms with Crippen molar-refractivity contribution in [2.45, 2.75) is 6.92 Å². The molecule has 110 valence electrons. The summed E-state index contributed by atoms with van der Waals surface area (Å²) < 4.78 is 4.75. The van der Waals surface area contributed by atoms with Crippen molar-refractivity contribution in [1.29, 1.82) is 0 Å². The third-order valence-electron chi connectivity index (χ3n) is 3.31. The second-order valence-corrected chi connectivity index (χ2v) is 4.93. The number of carbonyl (C=O) groups is 1. The fourth-order valence-corrected chi connectivity index (χ4v) is 2.23. The van der Waals surface area contributed by atoms with Crippen molar-refractivity contribution in [3.63, 3.8) is 0 Å². The number of ether oxygens (including phenoxy) is 1. The number of aryl methyl sites for hydroxylation is 1. The van der Waals surface area contributed by atoms with Crippen LogP contribution < -0.4 is 5.32 Å². The molecule has 0 saturated heterocycles. The van der Waals surface area contributed by atoms with Gasteiger partial charge in [0.2, 0.25) is 0 Å². The summed E-state index contributed by atoms with van der Waals surface area (Å²) in [6.07, 6.45) is 3.51. The highest BCUT2D eigenvalue weighted by molar-refractivity contribution is 5.95. The number of hydrogen-bond acceptors (Lipinski definition) is 5. The summed E-state index contributed by atoms with van der Waals surface area (Å²) in [6.45, 7) is 1.93. The van der Waals surface area contributed by atoms with Gasteiger partial charge in [-0.15, -0.1) is 0 Å². The van der Waals surface area contributed by atoms with E-state index in [-0.39, 0.29) is 5.97 Å². The first kappa shape index (κ1) is 14.0. The molecule has 0 saturated carbocycles. The molecule has 0 amide bonds. The van der Waals surface area contributed by atoms with Gasteiger partial charge in [0.25, 0.3) is 0 Å². The number of hydrogen-bond donors (Lipinski definition) is 1. The summed E-state index contributed by atoms with van der Waals surface area (Å²) in [6, 6.07) is 11.1. The minimum atomic E-state index is -0.349. The normalized spacial score (nSPS) is 10.5. The average Bonchev–Trinajstić information content (AvgIpc) is 2.53. The van der Waals surface area contributed by atoms with Gasteiger partial charge in [0, 0.05) is 29.2 Å². The first-order chi connectivity index (χ1) is 10.7. The van der Waals surface area contributed by atoms with E-state index >= 15 is 0 Å². The molecule has 0 aliphatic rings. The number of esters is 1. The minimum absolute atomic E-state index is 0.349. The van der Waals surface area contributed by atoms with Crippen molar-refractivity contribution < 1.29 is 9.53 Å². The summed E-state index contributed by atoms with van der Waals surface area (Å²) in [7, 11) is 1.37. The fraction of sp³-hybridized carbons (Fsp3) is 0.118. The Labute approximate surface area is 128 Å². The van der Waals surface area contributed by atoms with Crippen molar-refractivity contribution in [3.05, 3.63) is 60.0 Å². The van der Waals surface area contributed by atoms with Gasteiger partial charge in [0.05, 0.1) is 12.7 Å². The van der Waals surface area contributed by atoms with Crippen LogP contribution in [-0.4, -0.2) is 23.0 Å². The Balaban J connectivity index is 1.95. The molecule has 5 heteroatoms. The van der Waals surface area contributed by atoms with Crippen molar-refractivity contribution in [3.8, 4) is 0 Å². The minimum Gasteiger partial charge on any atom is -0.465 e. The number of methoxy groups -OCH3 is 1. The fourth-order valence-electron chi connectivity index (χ4n) is 2.23. The van der Waals surface area contributed by atoms with E-state index in [1.54, 1.807) is 24.5 Å². The average molecular weight is 293 g/mol. The molecule has 0 aliphatic carbocycles. The van der Waals surface area contributed by atoms with Crippen molar-refractivity contribution in [2.75, 3.05) is 12.4 Å². The lowest BCUT2D eigenvalue weighted by molar-refractivity contribution is 0.0601. The topological polar surface area (TPSA) is 64.1 Å². The van der Waals surface area contributed by atoms with Crippen LogP contribution in [0, 0.1) is 6.92 Å². The molecule has 1 aromatic carbocycles. The Hall–Kier alpha value is -2.95. The molecule has 0 aliphatic heterocycles. The lowest BCUT2D eigenvalue weighted by Gasteiger charge is -2.08. The van der Waals surface area contributed by atoms with Crippen molar-refractivity contribution in [2.24, 2.45) is 0 Å². The highest BCUT2D eigenvalue weighted by atomic mass is 16.5. The van der Waals surface area contributed by atoms with Gasteiger partial charge in [-0.2, -0.15) is 0 Å². The number of carbonyl (C=O) groups excluding carboxylic acids is 1. The van der Waals surface area contributed by atoms with Crippen LogP contribution >= 0.6 is 0 Å². The third-order valence-corrected chi connectivity index (χ3v) is 3.31. The Morgan fingerprint density at radius 2 is 1.95 bits per heavy atom. The van der Waals surface area contributed by atoms with Gasteiger partial charge >= 0.3 is 5.97 Å². The van der Waals surface area contributed by atoms with Crippen LogP contribution in [0.3, 0.4) is 0 Å². The molecule has 3 aromatic rings. The van der Waals surface area contributed by atoms with Crippen LogP contribution in [0.1, 0.15) is 16.1 Å². The van der Waals surface area contributed by atoms with E-state index in [4.69, 9.17) is 4.74 Å². The largest absolute Gasteiger partial charge is 0.465 e. The van der Waals surface area contributed by atoms with Crippen LogP contribution in [0.15, 0.2) is 48.8 Å². The second kappa shape index (κ2) is 5.81. The molecular weight excluding hydrogens is 278 g/mol. The van der Waals surface area contributed by atoms with E-state index in [1.165, 1.54) is 7.11 Å². The number of fused-ring (bicyclic) bond motifs is 1. The number of rotatable bonds is 3. The summed E-state index contributed by atoms with van der Waals surface area (Å²) in [5.74, 6) is 0.359. The van der Waals surface area contributed by atoms with Crippen molar-refractivity contribution >= 4 is 28.2 Å². The molecule has 2 aromatic heterocycles. The van der Waals surface area contributed by atoms with Crippen LogP contribution in [0.25, 0.3) is 10.8 Å². The predicted octanol–water partition coefficient (Wildman–Crippen LogP) is 3.47. The number of anilines is 2. The molecule has 22 heavy (non-hydrogen) atoms. The Morgan fingerprint density at radius 1 is 1.09 bits per heavy atom. The van der Waals surface area contributed by atoms with Gasteiger partial charge in [0.15, 0.2) is 0 Å². The Morgan fingerprint density at radius 3 is 2.73 bits per heavy atom. The van der Waals surface area contributed by atoms with E-state index in [2.05, 4.69) is 15.3 Å². The van der Waals surface area contributed by atoms with E-state index < -0.39 is 0 Å². The Kier molecular flexibility index (Phi) is 3.70. The van der Waals surface area contributed by atoms with Crippen LogP contribution in [0.4, 0.5) is 11.5 Å². The second-order valence-electron chi connectivity index (χ2n) is 4.93. The molecule has 5 nitrogen and oxygen atoms in total. The number of pyridine rings is 2. The van der Waals surface area contributed by atoms with Gasteiger partial charge in [-0.05, 0) is 42.6 Å². The Bertz CT molecular complexity index is 846. The highest BCUT2D eigenvalue weighted by Crippen LogP contribution is 2.21. The predicted molar refractivity (Wildman–Crippen MR) is 85.3 cm³/mol. The quantitative estimate of drug-likeness (QED) is 0.749. The molecule has 0 unspecified atom stereocenters. The monoisotopic (exact) mass is 293 g/mol. The molecule has 0 spiro atoms. The maximum atomic E-state index is 11.6. The standard InChI is InChI=1S/C17H15N3O2/c1-11-7-15(5-6-18-11)20-16-9-14-8-12(17(21)22-2)3-4-13(14)10-19-16/h3-10H,1-2H3,(H,18,19,20). The van der Waals surface area contributed by atoms with E-state index in [1.807, 2.05) is 31.2 Å². The van der Waals surface area contributed by atoms with Crippen molar-refractivity contribution in [1.82, 2.24) is 9.97 Å². The maximum absolute atomic E-state index is 11.6. The molecule has 0 atom stereocenters. The van der Waals surface area contributed by atoms with Gasteiger partial charge in [0.1, 0.15) is 5.82 Å². The number of aromatic nitrogens is 2. The van der Waals surface area contributed by atoms with Crippen LogP contribution in [0.5, 0.6) is 0 Å². The lowest BCUT2D eigenvalue weighted by atomic mass is 10.1. The molecule has 1 N–H and O–H groups in total. The highest BCUT2D eigenvalue weighted by Gasteiger charge is 2.07. The summed E-state index contributed by atoms with van der Waals surface area (Å²) in [4.78, 5) is 20.1. The smallest absolute Gasteiger partial charge is 0.337 e. The van der Waals surface area contributed by atoms with Gasteiger partial charge < -0.3 is 10.1 Å². The molecule has 0 bridgehead atoms. The number of nitrogens with zero attached hydrogens (tertiary/aromatic N) is 2. The van der Waals surface area contributed by atoms with E-state index in [0.29, 0.717) is 11.4 Å². The molecule has 0 radical (unpaired) electrons. The SMILES string of the molecule is COC(=O)c1ccc2cnc(Nc3ccnc(C)c3)cc2c1. The van der Waals surface area contributed by atoms with E-state index in [9.17, 15) is 4.79 Å². The van der Waals surface area contributed by atoms with Gasteiger partial charge in [-0.1, -0.05) is 6.07 Å². The number of benzene rings is 1. The zero-order valence-corrected chi connectivity index (χ0v) is 12.3. The van der Waals surface area contributed by atoms with Gasteiger partial charge in [-0.25, -0.2) is 9.78 Å². The summed E-state index contributed by atoms with van der Waals surface area (Å²) in [5, 5.41) is 5.12. The molecular formula is C17H15N3O2. The number of nitrogens with one attached hydrogen (secondary N) is 1.